The van der Waals surface area contributed by atoms with Crippen LogP contribution >= 0.6 is 0 Å². The van der Waals surface area contributed by atoms with Gasteiger partial charge in [0.2, 0.25) is 0 Å². The maximum Gasteiger partial charge on any atom is 0.159 e. The van der Waals surface area contributed by atoms with Crippen LogP contribution in [0.2, 0.25) is 0 Å². The van der Waals surface area contributed by atoms with Crippen LogP contribution in [0.25, 0.3) is 82.8 Å². The molecule has 7 aromatic carbocycles. The van der Waals surface area contributed by atoms with Gasteiger partial charge in [-0.25, -0.2) is 9.97 Å². The van der Waals surface area contributed by atoms with Crippen molar-refractivity contribution in [2.75, 3.05) is 0 Å². The van der Waals surface area contributed by atoms with Crippen molar-refractivity contribution in [3.63, 3.8) is 0 Å². The smallest absolute Gasteiger partial charge is 0.159 e. The molecule has 0 bridgehead atoms. The summed E-state index contributed by atoms with van der Waals surface area (Å²) in [5.74, 6) is 0.749. The Bertz CT molecular complexity index is 2360. The van der Waals surface area contributed by atoms with E-state index in [1.807, 2.05) is 12.4 Å². The molecule has 2 heteroatoms. The molecule has 0 unspecified atom stereocenters. The van der Waals surface area contributed by atoms with E-state index in [2.05, 4.69) is 133 Å². The van der Waals surface area contributed by atoms with E-state index in [-0.39, 0.29) is 0 Å². The number of aromatic nitrogens is 2. The molecule has 2 nitrogen and oxygen atoms in total. The lowest BCUT2D eigenvalue weighted by atomic mass is 9.86. The molecule has 1 heterocycles. The van der Waals surface area contributed by atoms with Crippen LogP contribution in [0.5, 0.6) is 0 Å². The molecule has 1 aliphatic rings. The Kier molecular flexibility index (Phi) is 5.67. The highest BCUT2D eigenvalue weighted by Crippen LogP contribution is 2.44. The normalized spacial score (nSPS) is 12.7. The molecule has 0 spiro atoms. The van der Waals surface area contributed by atoms with Gasteiger partial charge in [0.25, 0.3) is 0 Å². The SMILES string of the molecule is C1=Cc2c(ccc3c2cc(-c2ncc(-c4c5ccccc5c(-c5ccccc5)c5ccccc45)cn2)c2ccccc23)CC1. The van der Waals surface area contributed by atoms with Crippen molar-refractivity contribution in [3.05, 3.63) is 151 Å². The van der Waals surface area contributed by atoms with Gasteiger partial charge < -0.3 is 0 Å². The van der Waals surface area contributed by atoms with Gasteiger partial charge in [0, 0.05) is 29.1 Å². The molecule has 0 saturated carbocycles. The van der Waals surface area contributed by atoms with E-state index in [0.717, 1.165) is 29.8 Å². The first-order valence-electron chi connectivity index (χ1n) is 15.3. The Hall–Kier alpha value is -5.60. The van der Waals surface area contributed by atoms with Crippen molar-refractivity contribution in [1.82, 2.24) is 9.97 Å². The Morgan fingerprint density at radius 1 is 0.455 bits per heavy atom. The summed E-state index contributed by atoms with van der Waals surface area (Å²) in [6, 6.07) is 43.7. The summed E-state index contributed by atoms with van der Waals surface area (Å²) >= 11 is 0. The molecule has 0 amide bonds. The molecule has 1 aromatic heterocycles. The lowest BCUT2D eigenvalue weighted by Crippen LogP contribution is -1.97. The van der Waals surface area contributed by atoms with Crippen molar-refractivity contribution in [3.8, 4) is 33.6 Å². The minimum absolute atomic E-state index is 0.749. The largest absolute Gasteiger partial charge is 0.236 e. The van der Waals surface area contributed by atoms with Gasteiger partial charge in [0.15, 0.2) is 5.82 Å². The van der Waals surface area contributed by atoms with E-state index in [0.29, 0.717) is 0 Å². The van der Waals surface area contributed by atoms with Gasteiger partial charge in [0.05, 0.1) is 0 Å². The molecule has 0 radical (unpaired) electrons. The van der Waals surface area contributed by atoms with Crippen LogP contribution in [-0.4, -0.2) is 9.97 Å². The monoisotopic (exact) mass is 560 g/mol. The summed E-state index contributed by atoms with van der Waals surface area (Å²) in [5, 5.41) is 9.84. The number of nitrogens with zero attached hydrogens (tertiary/aromatic N) is 2. The Balaban J connectivity index is 1.27. The predicted molar refractivity (Wildman–Crippen MR) is 186 cm³/mol. The van der Waals surface area contributed by atoms with Crippen molar-refractivity contribution in [2.45, 2.75) is 12.8 Å². The first-order chi connectivity index (χ1) is 21.8. The van der Waals surface area contributed by atoms with Crippen molar-refractivity contribution in [1.29, 1.82) is 0 Å². The van der Waals surface area contributed by atoms with E-state index in [1.54, 1.807) is 0 Å². The number of fused-ring (bicyclic) bond motifs is 7. The second kappa shape index (κ2) is 10.00. The molecule has 206 valence electrons. The highest BCUT2D eigenvalue weighted by molar-refractivity contribution is 6.21. The summed E-state index contributed by atoms with van der Waals surface area (Å²) in [7, 11) is 0. The molecule has 1 aliphatic carbocycles. The second-order valence-corrected chi connectivity index (χ2v) is 11.6. The summed E-state index contributed by atoms with van der Waals surface area (Å²) in [4.78, 5) is 10.1. The molecule has 0 fully saturated rings. The number of hydrogen-bond donors (Lipinski definition) is 0. The van der Waals surface area contributed by atoms with E-state index in [4.69, 9.17) is 9.97 Å². The molecule has 0 N–H and O–H groups in total. The van der Waals surface area contributed by atoms with Crippen LogP contribution in [0.4, 0.5) is 0 Å². The first kappa shape index (κ1) is 24.9. The topological polar surface area (TPSA) is 25.8 Å². The minimum Gasteiger partial charge on any atom is -0.236 e. The summed E-state index contributed by atoms with van der Waals surface area (Å²) in [6.07, 6.45) is 10.8. The zero-order valence-corrected chi connectivity index (χ0v) is 24.2. The number of hydrogen-bond acceptors (Lipinski definition) is 2. The Morgan fingerprint density at radius 2 is 1.00 bits per heavy atom. The predicted octanol–water partition coefficient (Wildman–Crippen LogP) is 11.0. The highest BCUT2D eigenvalue weighted by Gasteiger charge is 2.18. The van der Waals surface area contributed by atoms with Crippen molar-refractivity contribution >= 4 is 49.2 Å². The third kappa shape index (κ3) is 3.81. The number of rotatable bonds is 3. The highest BCUT2D eigenvalue weighted by atomic mass is 14.9. The lowest BCUT2D eigenvalue weighted by molar-refractivity contribution is 0.990. The molecule has 0 atom stereocenters. The molecule has 0 aliphatic heterocycles. The quantitative estimate of drug-likeness (QED) is 0.159. The van der Waals surface area contributed by atoms with Gasteiger partial charge in [-0.1, -0.05) is 127 Å². The number of allylic oxidation sites excluding steroid dienone is 1. The van der Waals surface area contributed by atoms with Crippen molar-refractivity contribution < 1.29 is 0 Å². The van der Waals surface area contributed by atoms with E-state index in [9.17, 15) is 0 Å². The van der Waals surface area contributed by atoms with Crippen LogP contribution in [0.3, 0.4) is 0 Å². The zero-order valence-electron chi connectivity index (χ0n) is 24.2. The number of benzene rings is 7. The zero-order chi connectivity index (χ0) is 29.0. The maximum atomic E-state index is 5.06. The molecule has 8 aromatic rings. The van der Waals surface area contributed by atoms with Crippen LogP contribution in [-0.2, 0) is 6.42 Å². The van der Waals surface area contributed by atoms with Crippen molar-refractivity contribution in [2.24, 2.45) is 0 Å². The van der Waals surface area contributed by atoms with E-state index < -0.39 is 0 Å². The van der Waals surface area contributed by atoms with Gasteiger partial charge in [-0.3, -0.25) is 0 Å². The lowest BCUT2D eigenvalue weighted by Gasteiger charge is -2.18. The third-order valence-electron chi connectivity index (χ3n) is 9.21. The van der Waals surface area contributed by atoms with E-state index >= 15 is 0 Å². The fourth-order valence-electron chi connectivity index (χ4n) is 7.24. The standard InChI is InChI=1S/C42H28N2/c1-2-13-28(14-3-1)40-34-18-8-10-20-36(34)41(37-21-11-9-19-35(37)40)29-25-43-42(44-26-29)39-24-38-30-15-5-4-12-27(30)22-23-33(38)31-16-6-7-17-32(31)39/h1-3,5-11,13-26H,4,12H2. The molecular weight excluding hydrogens is 532 g/mol. The van der Waals surface area contributed by atoms with E-state index in [1.165, 1.54) is 70.9 Å². The summed E-state index contributed by atoms with van der Waals surface area (Å²) < 4.78 is 0. The average molecular weight is 561 g/mol. The van der Waals surface area contributed by atoms with Crippen LogP contribution in [0.1, 0.15) is 17.5 Å². The van der Waals surface area contributed by atoms with Crippen LogP contribution in [0.15, 0.2) is 140 Å². The Morgan fingerprint density at radius 3 is 1.66 bits per heavy atom. The molecule has 9 rings (SSSR count). The van der Waals surface area contributed by atoms with Gasteiger partial charge in [-0.05, 0) is 84.3 Å². The molecule has 0 saturated heterocycles. The summed E-state index contributed by atoms with van der Waals surface area (Å²) in [5.41, 5.74) is 8.48. The van der Waals surface area contributed by atoms with Crippen LogP contribution < -0.4 is 0 Å². The Labute approximate surface area is 256 Å². The van der Waals surface area contributed by atoms with Gasteiger partial charge in [-0.15, -0.1) is 0 Å². The van der Waals surface area contributed by atoms with Crippen LogP contribution in [0, 0.1) is 0 Å². The fourth-order valence-corrected chi connectivity index (χ4v) is 7.24. The maximum absolute atomic E-state index is 5.06. The number of aryl methyl sites for hydroxylation is 1. The minimum atomic E-state index is 0.749. The fraction of sp³-hybridized carbons (Fsp3) is 0.0476. The average Bonchev–Trinajstić information content (AvgIpc) is 3.10. The molecular formula is C42H28N2. The van der Waals surface area contributed by atoms with Gasteiger partial charge in [0.1, 0.15) is 0 Å². The third-order valence-corrected chi connectivity index (χ3v) is 9.21. The van der Waals surface area contributed by atoms with Gasteiger partial charge >= 0.3 is 0 Å². The summed E-state index contributed by atoms with van der Waals surface area (Å²) in [6.45, 7) is 0. The van der Waals surface area contributed by atoms with Gasteiger partial charge in [-0.2, -0.15) is 0 Å². The second-order valence-electron chi connectivity index (χ2n) is 11.6. The molecule has 44 heavy (non-hydrogen) atoms. The first-order valence-corrected chi connectivity index (χ1v) is 15.3.